The van der Waals surface area contributed by atoms with Gasteiger partial charge in [0.2, 0.25) is 0 Å². The molecular weight excluding hydrogens is 296 g/mol. The number of rotatable bonds is 2. The van der Waals surface area contributed by atoms with Gasteiger partial charge in [-0.2, -0.15) is 0 Å². The van der Waals surface area contributed by atoms with Gasteiger partial charge in [0.1, 0.15) is 0 Å². The van der Waals surface area contributed by atoms with Crippen molar-refractivity contribution >= 4 is 18.3 Å². The van der Waals surface area contributed by atoms with Gasteiger partial charge in [0, 0.05) is 22.7 Å². The minimum absolute atomic E-state index is 0. The number of aryl methyl sites for hydroxylation is 2. The smallest absolute Gasteiger partial charge is 0.251 e. The highest BCUT2D eigenvalue weighted by molar-refractivity contribution is 5.96. The first-order valence-corrected chi connectivity index (χ1v) is 7.75. The maximum absolute atomic E-state index is 12.6. The molecule has 2 N–H and O–H groups in total. The molecule has 1 aromatic rings. The van der Waals surface area contributed by atoms with Crippen molar-refractivity contribution in [1.29, 1.82) is 0 Å². The van der Waals surface area contributed by atoms with E-state index in [1.165, 1.54) is 0 Å². The van der Waals surface area contributed by atoms with E-state index in [0.717, 1.165) is 29.5 Å². The van der Waals surface area contributed by atoms with Gasteiger partial charge in [-0.1, -0.05) is 17.7 Å². The average molecular weight is 325 g/mol. The molecule has 0 atom stereocenters. The summed E-state index contributed by atoms with van der Waals surface area (Å²) in [7, 11) is 0. The third-order valence-corrected chi connectivity index (χ3v) is 4.16. The van der Waals surface area contributed by atoms with Crippen LogP contribution in [0.3, 0.4) is 0 Å². The van der Waals surface area contributed by atoms with Gasteiger partial charge in [-0.15, -0.1) is 12.4 Å². The average Bonchev–Trinajstić information content (AvgIpc) is 2.27. The van der Waals surface area contributed by atoms with Crippen LogP contribution in [0.25, 0.3) is 0 Å². The Hall–Kier alpha value is -1.06. The number of amides is 1. The first-order valence-electron chi connectivity index (χ1n) is 7.75. The number of halogens is 1. The minimum atomic E-state index is 0. The zero-order valence-electron chi connectivity index (χ0n) is 14.5. The molecule has 0 saturated carbocycles. The lowest BCUT2D eigenvalue weighted by Crippen LogP contribution is -2.62. The third-order valence-electron chi connectivity index (χ3n) is 4.16. The van der Waals surface area contributed by atoms with Crippen molar-refractivity contribution in [3.63, 3.8) is 0 Å². The molecule has 22 heavy (non-hydrogen) atoms. The second-order valence-electron chi connectivity index (χ2n) is 7.79. The van der Waals surface area contributed by atoms with Gasteiger partial charge in [-0.05, 0) is 66.0 Å². The second kappa shape index (κ2) is 6.59. The molecule has 0 radical (unpaired) electrons. The minimum Gasteiger partial charge on any atom is -0.349 e. The Morgan fingerprint density at radius 2 is 1.68 bits per heavy atom. The highest BCUT2D eigenvalue weighted by Gasteiger charge is 2.38. The maximum atomic E-state index is 12.6. The van der Waals surface area contributed by atoms with Crippen LogP contribution in [0.4, 0.5) is 0 Å². The molecule has 0 unspecified atom stereocenters. The fourth-order valence-electron chi connectivity index (χ4n) is 3.67. The van der Waals surface area contributed by atoms with E-state index >= 15 is 0 Å². The molecule has 1 fully saturated rings. The van der Waals surface area contributed by atoms with E-state index in [-0.39, 0.29) is 35.4 Å². The Labute approximate surface area is 140 Å². The van der Waals surface area contributed by atoms with Crippen molar-refractivity contribution in [2.24, 2.45) is 0 Å². The van der Waals surface area contributed by atoms with Crippen molar-refractivity contribution in [3.05, 3.63) is 34.9 Å². The predicted molar refractivity (Wildman–Crippen MR) is 94.9 cm³/mol. The zero-order valence-corrected chi connectivity index (χ0v) is 15.4. The molecule has 4 heteroatoms. The Balaban J connectivity index is 0.00000242. The molecule has 0 spiro atoms. The Morgan fingerprint density at radius 3 is 2.23 bits per heavy atom. The van der Waals surface area contributed by atoms with E-state index in [0.29, 0.717) is 0 Å². The predicted octanol–water partition coefficient (Wildman–Crippen LogP) is 3.76. The van der Waals surface area contributed by atoms with Crippen molar-refractivity contribution < 1.29 is 4.79 Å². The molecule has 1 aliphatic heterocycles. The van der Waals surface area contributed by atoms with E-state index in [4.69, 9.17) is 0 Å². The van der Waals surface area contributed by atoms with Crippen molar-refractivity contribution in [1.82, 2.24) is 10.6 Å². The number of piperidine rings is 1. The number of carbonyl (C=O) groups is 1. The van der Waals surface area contributed by atoms with E-state index in [1.807, 2.05) is 32.0 Å². The molecule has 1 aromatic carbocycles. The van der Waals surface area contributed by atoms with Gasteiger partial charge in [-0.3, -0.25) is 4.79 Å². The zero-order chi connectivity index (χ0) is 15.8. The molecule has 0 aromatic heterocycles. The summed E-state index contributed by atoms with van der Waals surface area (Å²) in [4.78, 5) is 12.6. The molecular formula is C18H29ClN2O. The standard InChI is InChI=1S/C18H28N2O.ClH/c1-12-7-8-13(2)15(9-12)16(21)19-14-10-17(3,4)20-18(5,6)11-14;/h7-9,14,20H,10-11H2,1-6H3,(H,19,21);1H. The summed E-state index contributed by atoms with van der Waals surface area (Å²) in [6, 6.07) is 6.24. The molecule has 0 bridgehead atoms. The van der Waals surface area contributed by atoms with E-state index in [1.54, 1.807) is 0 Å². The molecule has 1 saturated heterocycles. The SMILES string of the molecule is Cc1ccc(C)c(C(=O)NC2CC(C)(C)NC(C)(C)C2)c1.Cl. The summed E-state index contributed by atoms with van der Waals surface area (Å²) < 4.78 is 0. The van der Waals surface area contributed by atoms with E-state index in [2.05, 4.69) is 38.3 Å². The fourth-order valence-corrected chi connectivity index (χ4v) is 3.67. The lowest BCUT2D eigenvalue weighted by Gasteiger charge is -2.46. The third kappa shape index (κ3) is 4.72. The van der Waals surface area contributed by atoms with E-state index < -0.39 is 0 Å². The van der Waals surface area contributed by atoms with Gasteiger partial charge in [0.25, 0.3) is 5.91 Å². The Kier molecular flexibility index (Phi) is 5.69. The Bertz CT molecular complexity index is 536. The number of nitrogens with one attached hydrogen (secondary N) is 2. The number of hydrogen-bond donors (Lipinski definition) is 2. The monoisotopic (exact) mass is 324 g/mol. The molecule has 0 aliphatic carbocycles. The van der Waals surface area contributed by atoms with Crippen molar-refractivity contribution in [2.75, 3.05) is 0 Å². The summed E-state index contributed by atoms with van der Waals surface area (Å²) in [6.07, 6.45) is 1.90. The van der Waals surface area contributed by atoms with Gasteiger partial charge in [0.15, 0.2) is 0 Å². The normalized spacial score (nSPS) is 20.1. The van der Waals surface area contributed by atoms with Gasteiger partial charge < -0.3 is 10.6 Å². The van der Waals surface area contributed by atoms with Crippen LogP contribution in [-0.2, 0) is 0 Å². The van der Waals surface area contributed by atoms with Crippen LogP contribution in [0.5, 0.6) is 0 Å². The lowest BCUT2D eigenvalue weighted by atomic mass is 9.79. The lowest BCUT2D eigenvalue weighted by molar-refractivity contribution is 0.0872. The van der Waals surface area contributed by atoms with Crippen LogP contribution in [0.1, 0.15) is 62.0 Å². The number of benzene rings is 1. The molecule has 1 aliphatic rings. The van der Waals surface area contributed by atoms with Crippen LogP contribution in [0, 0.1) is 13.8 Å². The van der Waals surface area contributed by atoms with Gasteiger partial charge >= 0.3 is 0 Å². The number of carbonyl (C=O) groups excluding carboxylic acids is 1. The molecule has 124 valence electrons. The summed E-state index contributed by atoms with van der Waals surface area (Å²) >= 11 is 0. The fraction of sp³-hybridized carbons (Fsp3) is 0.611. The van der Waals surface area contributed by atoms with Crippen LogP contribution in [-0.4, -0.2) is 23.0 Å². The molecule has 2 rings (SSSR count). The quantitative estimate of drug-likeness (QED) is 0.869. The summed E-state index contributed by atoms with van der Waals surface area (Å²) in [6.45, 7) is 12.8. The maximum Gasteiger partial charge on any atom is 0.251 e. The van der Waals surface area contributed by atoms with Crippen molar-refractivity contribution in [3.8, 4) is 0 Å². The molecule has 3 nitrogen and oxygen atoms in total. The van der Waals surface area contributed by atoms with Crippen molar-refractivity contribution in [2.45, 2.75) is 71.5 Å². The summed E-state index contributed by atoms with van der Waals surface area (Å²) in [5.41, 5.74) is 3.04. The topological polar surface area (TPSA) is 41.1 Å². The highest BCUT2D eigenvalue weighted by Crippen LogP contribution is 2.28. The number of hydrogen-bond acceptors (Lipinski definition) is 2. The first kappa shape index (κ1) is 19.0. The highest BCUT2D eigenvalue weighted by atomic mass is 35.5. The van der Waals surface area contributed by atoms with Gasteiger partial charge in [-0.25, -0.2) is 0 Å². The largest absolute Gasteiger partial charge is 0.349 e. The van der Waals surface area contributed by atoms with Crippen LogP contribution < -0.4 is 10.6 Å². The second-order valence-corrected chi connectivity index (χ2v) is 7.79. The van der Waals surface area contributed by atoms with Crippen LogP contribution in [0.15, 0.2) is 18.2 Å². The van der Waals surface area contributed by atoms with Crippen LogP contribution >= 0.6 is 12.4 Å². The molecule has 1 amide bonds. The van der Waals surface area contributed by atoms with Gasteiger partial charge in [0.05, 0.1) is 0 Å². The van der Waals surface area contributed by atoms with E-state index in [9.17, 15) is 4.79 Å². The summed E-state index contributed by atoms with van der Waals surface area (Å²) in [5, 5.41) is 6.88. The first-order chi connectivity index (χ1) is 9.58. The van der Waals surface area contributed by atoms with Crippen LogP contribution in [0.2, 0.25) is 0 Å². The molecule has 1 heterocycles. The summed E-state index contributed by atoms with van der Waals surface area (Å²) in [5.74, 6) is 0.0506. The Morgan fingerprint density at radius 1 is 1.14 bits per heavy atom.